The van der Waals surface area contributed by atoms with Crippen LogP contribution in [-0.4, -0.2) is 16.8 Å². The Kier molecular flexibility index (Phi) is 5.55. The molecule has 0 radical (unpaired) electrons. The van der Waals surface area contributed by atoms with Gasteiger partial charge in [0.15, 0.2) is 0 Å². The first-order valence-electron chi connectivity index (χ1n) is 7.55. The molecule has 0 saturated carbocycles. The van der Waals surface area contributed by atoms with Crippen molar-refractivity contribution in [1.29, 1.82) is 0 Å². The fraction of sp³-hybridized carbons (Fsp3) is 0.0556. The van der Waals surface area contributed by atoms with Crippen molar-refractivity contribution in [3.05, 3.63) is 82.0 Å². The van der Waals surface area contributed by atoms with Gasteiger partial charge >= 0.3 is 0 Å². The van der Waals surface area contributed by atoms with E-state index in [4.69, 9.17) is 27.6 Å². The van der Waals surface area contributed by atoms with Crippen LogP contribution in [0.15, 0.2) is 59.5 Å². The SMILES string of the molecule is O=C(NCc1ccco1)c1cncc(C(=O)Nc2ccc(Cl)c(Cl)c2)c1. The fourth-order valence-corrected chi connectivity index (χ4v) is 2.45. The molecule has 0 fully saturated rings. The Hall–Kier alpha value is -2.83. The van der Waals surface area contributed by atoms with Crippen molar-refractivity contribution in [3.63, 3.8) is 0 Å². The molecule has 0 aliphatic rings. The van der Waals surface area contributed by atoms with Gasteiger partial charge in [-0.3, -0.25) is 14.6 Å². The van der Waals surface area contributed by atoms with E-state index in [0.717, 1.165) is 0 Å². The average Bonchev–Trinajstić information content (AvgIpc) is 3.16. The van der Waals surface area contributed by atoms with E-state index in [0.29, 0.717) is 21.5 Å². The fourth-order valence-electron chi connectivity index (χ4n) is 2.15. The number of nitrogens with zero attached hydrogens (tertiary/aromatic N) is 1. The number of nitrogens with one attached hydrogen (secondary N) is 2. The highest BCUT2D eigenvalue weighted by Crippen LogP contribution is 2.25. The van der Waals surface area contributed by atoms with Crippen LogP contribution < -0.4 is 10.6 Å². The first kappa shape index (κ1) is 18.0. The number of rotatable bonds is 5. The van der Waals surface area contributed by atoms with Gasteiger partial charge in [-0.2, -0.15) is 0 Å². The van der Waals surface area contributed by atoms with Crippen LogP contribution in [0.4, 0.5) is 5.69 Å². The largest absolute Gasteiger partial charge is 0.467 e. The predicted molar refractivity (Wildman–Crippen MR) is 98.5 cm³/mol. The third-order valence-electron chi connectivity index (χ3n) is 3.44. The van der Waals surface area contributed by atoms with E-state index >= 15 is 0 Å². The van der Waals surface area contributed by atoms with Crippen molar-refractivity contribution in [2.45, 2.75) is 6.54 Å². The van der Waals surface area contributed by atoms with Gasteiger partial charge in [0.05, 0.1) is 34.0 Å². The molecule has 2 heterocycles. The van der Waals surface area contributed by atoms with Crippen LogP contribution in [0, 0.1) is 0 Å². The standard InChI is InChI=1S/C18H13Cl2N3O3/c19-15-4-3-13(7-16(15)20)23-18(25)12-6-11(8-21-9-12)17(24)22-10-14-2-1-5-26-14/h1-9H,10H2,(H,22,24)(H,23,25). The molecule has 0 aliphatic carbocycles. The minimum atomic E-state index is -0.420. The molecule has 0 unspecified atom stereocenters. The number of carbonyl (C=O) groups excluding carboxylic acids is 2. The molecule has 2 N–H and O–H groups in total. The van der Waals surface area contributed by atoms with Gasteiger partial charge in [-0.1, -0.05) is 23.2 Å². The molecule has 6 nitrogen and oxygen atoms in total. The number of anilines is 1. The number of pyridine rings is 1. The minimum Gasteiger partial charge on any atom is -0.467 e. The highest BCUT2D eigenvalue weighted by Gasteiger charge is 2.12. The smallest absolute Gasteiger partial charge is 0.257 e. The molecule has 2 aromatic heterocycles. The number of hydrogen-bond donors (Lipinski definition) is 2. The van der Waals surface area contributed by atoms with Crippen molar-refractivity contribution < 1.29 is 14.0 Å². The van der Waals surface area contributed by atoms with Gasteiger partial charge in [0.2, 0.25) is 0 Å². The summed E-state index contributed by atoms with van der Waals surface area (Å²) in [6.45, 7) is 0.242. The number of benzene rings is 1. The maximum absolute atomic E-state index is 12.4. The Balaban J connectivity index is 1.68. The molecular weight excluding hydrogens is 377 g/mol. The van der Waals surface area contributed by atoms with E-state index in [1.165, 1.54) is 30.8 Å². The summed E-state index contributed by atoms with van der Waals surface area (Å²) in [7, 11) is 0. The Morgan fingerprint density at radius 2 is 1.77 bits per heavy atom. The van der Waals surface area contributed by atoms with Crippen LogP contribution in [0.5, 0.6) is 0 Å². The zero-order chi connectivity index (χ0) is 18.5. The molecule has 0 aliphatic heterocycles. The normalized spacial score (nSPS) is 10.4. The highest BCUT2D eigenvalue weighted by molar-refractivity contribution is 6.42. The number of aromatic nitrogens is 1. The molecule has 0 atom stereocenters. The van der Waals surface area contributed by atoms with Crippen LogP contribution in [0.1, 0.15) is 26.5 Å². The summed E-state index contributed by atoms with van der Waals surface area (Å²) in [6, 6.07) is 9.68. The number of amides is 2. The Bertz CT molecular complexity index is 943. The average molecular weight is 390 g/mol. The summed E-state index contributed by atoms with van der Waals surface area (Å²) in [5.74, 6) is -0.158. The zero-order valence-electron chi connectivity index (χ0n) is 13.3. The van der Waals surface area contributed by atoms with E-state index in [1.54, 1.807) is 24.3 Å². The van der Waals surface area contributed by atoms with E-state index in [1.807, 2.05) is 0 Å². The number of halogens is 2. The molecule has 0 saturated heterocycles. The quantitative estimate of drug-likeness (QED) is 0.685. The van der Waals surface area contributed by atoms with Crippen molar-refractivity contribution in [2.24, 2.45) is 0 Å². The predicted octanol–water partition coefficient (Wildman–Crippen LogP) is 4.16. The van der Waals surface area contributed by atoms with E-state index in [9.17, 15) is 9.59 Å². The van der Waals surface area contributed by atoms with Crippen LogP contribution in [0.2, 0.25) is 10.0 Å². The molecule has 8 heteroatoms. The van der Waals surface area contributed by atoms with Crippen LogP contribution >= 0.6 is 23.2 Å². The molecular formula is C18H13Cl2N3O3. The van der Waals surface area contributed by atoms with Gasteiger partial charge in [0.25, 0.3) is 11.8 Å². The second-order valence-corrected chi connectivity index (χ2v) is 6.12. The Labute approximate surface area is 159 Å². The lowest BCUT2D eigenvalue weighted by atomic mass is 10.2. The minimum absolute atomic E-state index is 0.238. The van der Waals surface area contributed by atoms with Gasteiger partial charge in [-0.15, -0.1) is 0 Å². The van der Waals surface area contributed by atoms with E-state index in [-0.39, 0.29) is 23.6 Å². The summed E-state index contributed by atoms with van der Waals surface area (Å²) in [6.07, 6.45) is 4.28. The van der Waals surface area contributed by atoms with Gasteiger partial charge in [-0.05, 0) is 36.4 Å². The first-order chi connectivity index (χ1) is 12.5. The van der Waals surface area contributed by atoms with Crippen molar-refractivity contribution in [2.75, 3.05) is 5.32 Å². The Morgan fingerprint density at radius 1 is 1.00 bits per heavy atom. The number of hydrogen-bond acceptors (Lipinski definition) is 4. The summed E-state index contributed by atoms with van der Waals surface area (Å²) in [4.78, 5) is 28.5. The summed E-state index contributed by atoms with van der Waals surface area (Å²) in [5.41, 5.74) is 0.983. The molecule has 0 spiro atoms. The summed E-state index contributed by atoms with van der Waals surface area (Å²) >= 11 is 11.8. The first-order valence-corrected chi connectivity index (χ1v) is 8.30. The van der Waals surface area contributed by atoms with Gasteiger partial charge in [-0.25, -0.2) is 0 Å². The van der Waals surface area contributed by atoms with Crippen LogP contribution in [-0.2, 0) is 6.54 Å². The summed E-state index contributed by atoms with van der Waals surface area (Å²) in [5, 5.41) is 6.09. The lowest BCUT2D eigenvalue weighted by Crippen LogP contribution is -2.23. The van der Waals surface area contributed by atoms with Crippen molar-refractivity contribution in [1.82, 2.24) is 10.3 Å². The number of carbonyl (C=O) groups is 2. The second kappa shape index (κ2) is 8.03. The molecule has 26 heavy (non-hydrogen) atoms. The van der Waals surface area contributed by atoms with Crippen molar-refractivity contribution >= 4 is 40.7 Å². The monoisotopic (exact) mass is 389 g/mol. The third kappa shape index (κ3) is 4.41. The van der Waals surface area contributed by atoms with E-state index < -0.39 is 5.91 Å². The van der Waals surface area contributed by atoms with Gasteiger partial charge < -0.3 is 15.1 Å². The number of furan rings is 1. The van der Waals surface area contributed by atoms with Crippen LogP contribution in [0.25, 0.3) is 0 Å². The zero-order valence-corrected chi connectivity index (χ0v) is 14.8. The topological polar surface area (TPSA) is 84.2 Å². The van der Waals surface area contributed by atoms with Crippen molar-refractivity contribution in [3.8, 4) is 0 Å². The maximum atomic E-state index is 12.4. The lowest BCUT2D eigenvalue weighted by Gasteiger charge is -2.08. The highest BCUT2D eigenvalue weighted by atomic mass is 35.5. The molecule has 3 aromatic rings. The maximum Gasteiger partial charge on any atom is 0.257 e. The lowest BCUT2D eigenvalue weighted by molar-refractivity contribution is 0.0947. The Morgan fingerprint density at radius 3 is 2.46 bits per heavy atom. The molecule has 2 amide bonds. The third-order valence-corrected chi connectivity index (χ3v) is 4.18. The second-order valence-electron chi connectivity index (χ2n) is 5.31. The van der Waals surface area contributed by atoms with Gasteiger partial charge in [0.1, 0.15) is 5.76 Å². The van der Waals surface area contributed by atoms with Gasteiger partial charge in [0, 0.05) is 18.1 Å². The summed E-state index contributed by atoms with van der Waals surface area (Å²) < 4.78 is 5.15. The molecule has 1 aromatic carbocycles. The van der Waals surface area contributed by atoms with Crippen LogP contribution in [0.3, 0.4) is 0 Å². The molecule has 132 valence electrons. The van der Waals surface area contributed by atoms with E-state index in [2.05, 4.69) is 15.6 Å². The molecule has 0 bridgehead atoms. The molecule has 3 rings (SSSR count).